The van der Waals surface area contributed by atoms with Crippen LogP contribution in [0.5, 0.6) is 0 Å². The molecule has 2 unspecified atom stereocenters. The van der Waals surface area contributed by atoms with Gasteiger partial charge in [0.15, 0.2) is 5.96 Å². The van der Waals surface area contributed by atoms with Crippen LogP contribution in [-0.4, -0.2) is 60.7 Å². The van der Waals surface area contributed by atoms with E-state index in [9.17, 15) is 0 Å². The van der Waals surface area contributed by atoms with E-state index < -0.39 is 0 Å². The number of rotatable bonds is 6. The molecule has 3 rings (SSSR count). The average molecular weight is 387 g/mol. The molecule has 0 spiro atoms. The Morgan fingerprint density at radius 3 is 2.71 bits per heavy atom. The molecule has 2 fully saturated rings. The molecule has 6 heteroatoms. The maximum absolute atomic E-state index is 4.87. The fourth-order valence-corrected chi connectivity index (χ4v) is 4.13. The molecule has 6 nitrogen and oxygen atoms in total. The molecular formula is C22H38N6. The van der Waals surface area contributed by atoms with Gasteiger partial charge in [-0.15, -0.1) is 0 Å². The molecule has 1 aromatic rings. The summed E-state index contributed by atoms with van der Waals surface area (Å²) in [4.78, 5) is 14.4. The van der Waals surface area contributed by atoms with E-state index >= 15 is 0 Å². The smallest absolute Gasteiger partial charge is 0.191 e. The van der Waals surface area contributed by atoms with Gasteiger partial charge in [0, 0.05) is 51.0 Å². The number of aromatic nitrogens is 1. The highest BCUT2D eigenvalue weighted by atomic mass is 15.3. The Kier molecular flexibility index (Phi) is 7.54. The third-order valence-corrected chi connectivity index (χ3v) is 5.95. The molecule has 0 saturated carbocycles. The fraction of sp³-hybridized carbons (Fsp3) is 0.727. The molecular weight excluding hydrogens is 348 g/mol. The Balaban J connectivity index is 1.63. The Morgan fingerprint density at radius 2 is 2.04 bits per heavy atom. The minimum Gasteiger partial charge on any atom is -0.357 e. The zero-order chi connectivity index (χ0) is 19.9. The van der Waals surface area contributed by atoms with E-state index in [0.29, 0.717) is 24.5 Å². The van der Waals surface area contributed by atoms with Gasteiger partial charge in [-0.05, 0) is 63.6 Å². The van der Waals surface area contributed by atoms with Crippen LogP contribution in [0.25, 0.3) is 0 Å². The van der Waals surface area contributed by atoms with Crippen LogP contribution < -0.4 is 15.5 Å². The lowest BCUT2D eigenvalue weighted by Gasteiger charge is -2.27. The summed E-state index contributed by atoms with van der Waals surface area (Å²) in [5.74, 6) is 2.64. The summed E-state index contributed by atoms with van der Waals surface area (Å²) >= 11 is 0. The number of guanidine groups is 1. The Morgan fingerprint density at radius 1 is 1.25 bits per heavy atom. The summed E-state index contributed by atoms with van der Waals surface area (Å²) < 4.78 is 0. The maximum atomic E-state index is 4.87. The number of nitrogens with one attached hydrogen (secondary N) is 2. The highest BCUT2D eigenvalue weighted by Gasteiger charge is 2.31. The van der Waals surface area contributed by atoms with Gasteiger partial charge in [-0.2, -0.15) is 0 Å². The van der Waals surface area contributed by atoms with Gasteiger partial charge in [-0.1, -0.05) is 6.92 Å². The number of likely N-dealkylation sites (tertiary alicyclic amines) is 1. The highest BCUT2D eigenvalue weighted by Crippen LogP contribution is 2.20. The first-order valence-electron chi connectivity index (χ1n) is 11.1. The second kappa shape index (κ2) is 10.1. The van der Waals surface area contributed by atoms with Crippen LogP contribution in [0, 0.1) is 5.92 Å². The number of pyridine rings is 1. The van der Waals surface area contributed by atoms with Gasteiger partial charge in [0.25, 0.3) is 0 Å². The first kappa shape index (κ1) is 20.9. The van der Waals surface area contributed by atoms with Crippen molar-refractivity contribution in [1.29, 1.82) is 0 Å². The average Bonchev–Trinajstić information content (AvgIpc) is 3.08. The molecule has 3 heterocycles. The van der Waals surface area contributed by atoms with Crippen molar-refractivity contribution in [2.24, 2.45) is 10.9 Å². The topological polar surface area (TPSA) is 55.8 Å². The minimum atomic E-state index is 0.446. The molecule has 0 aromatic carbocycles. The predicted octanol–water partition coefficient (Wildman–Crippen LogP) is 2.86. The minimum absolute atomic E-state index is 0.446. The summed E-state index contributed by atoms with van der Waals surface area (Å²) in [7, 11) is 0. The summed E-state index contributed by atoms with van der Waals surface area (Å²) in [6, 6.07) is 5.33. The third-order valence-electron chi connectivity index (χ3n) is 5.95. The number of piperidine rings is 1. The number of hydrogen-bond donors (Lipinski definition) is 2. The second-order valence-electron chi connectivity index (χ2n) is 8.54. The first-order chi connectivity index (χ1) is 13.6. The highest BCUT2D eigenvalue weighted by molar-refractivity contribution is 5.80. The van der Waals surface area contributed by atoms with Gasteiger partial charge in [0.2, 0.25) is 0 Å². The van der Waals surface area contributed by atoms with Crippen LogP contribution in [0.1, 0.15) is 52.5 Å². The van der Waals surface area contributed by atoms with Crippen LogP contribution >= 0.6 is 0 Å². The normalized spacial score (nSPS) is 24.0. The summed E-state index contributed by atoms with van der Waals surface area (Å²) in [5, 5.41) is 7.09. The van der Waals surface area contributed by atoms with Crippen molar-refractivity contribution in [2.75, 3.05) is 37.6 Å². The lowest BCUT2D eigenvalue weighted by Crippen LogP contribution is -2.46. The first-order valence-corrected chi connectivity index (χ1v) is 11.1. The molecule has 2 saturated heterocycles. The van der Waals surface area contributed by atoms with Crippen molar-refractivity contribution in [2.45, 2.75) is 65.6 Å². The lowest BCUT2D eigenvalue weighted by molar-refractivity contribution is 0.265. The Bertz CT molecular complexity index is 638. The van der Waals surface area contributed by atoms with Crippen molar-refractivity contribution < 1.29 is 0 Å². The van der Waals surface area contributed by atoms with Crippen LogP contribution in [0.4, 0.5) is 5.82 Å². The number of nitrogens with zero attached hydrogens (tertiary/aromatic N) is 4. The van der Waals surface area contributed by atoms with Crippen molar-refractivity contribution in [3.05, 3.63) is 23.9 Å². The monoisotopic (exact) mass is 386 g/mol. The Labute approximate surface area is 170 Å². The molecule has 156 valence electrons. The van der Waals surface area contributed by atoms with Gasteiger partial charge in [0.05, 0.1) is 6.54 Å². The number of hydrogen-bond acceptors (Lipinski definition) is 4. The maximum Gasteiger partial charge on any atom is 0.191 e. The van der Waals surface area contributed by atoms with Gasteiger partial charge in [-0.25, -0.2) is 9.98 Å². The quantitative estimate of drug-likeness (QED) is 0.582. The van der Waals surface area contributed by atoms with Crippen LogP contribution in [0.2, 0.25) is 0 Å². The summed E-state index contributed by atoms with van der Waals surface area (Å²) in [5.41, 5.74) is 1.22. The molecule has 0 amide bonds. The van der Waals surface area contributed by atoms with Gasteiger partial charge >= 0.3 is 0 Å². The Hall–Kier alpha value is -1.82. The molecule has 0 bridgehead atoms. The van der Waals surface area contributed by atoms with E-state index in [1.54, 1.807) is 0 Å². The van der Waals surface area contributed by atoms with Crippen molar-refractivity contribution in [3.8, 4) is 0 Å². The van der Waals surface area contributed by atoms with E-state index in [1.807, 2.05) is 6.20 Å². The predicted molar refractivity (Wildman–Crippen MR) is 118 cm³/mol. The van der Waals surface area contributed by atoms with Crippen LogP contribution in [0.3, 0.4) is 0 Å². The lowest BCUT2D eigenvalue weighted by atomic mass is 10.1. The zero-order valence-corrected chi connectivity index (χ0v) is 18.1. The van der Waals surface area contributed by atoms with Gasteiger partial charge < -0.3 is 15.5 Å². The molecule has 0 radical (unpaired) electrons. The van der Waals surface area contributed by atoms with Gasteiger partial charge in [-0.3, -0.25) is 4.90 Å². The standard InChI is InChI=1S/C22H38N6/c1-5-23-22(26-20-16-28(17(2)3)15-18(20)4)25-14-19-9-10-24-21(13-19)27-11-7-6-8-12-27/h9-10,13,17-18,20H,5-8,11-12,14-16H2,1-4H3,(H2,23,25,26). The van der Waals surface area contributed by atoms with E-state index in [0.717, 1.165) is 44.5 Å². The molecule has 2 aliphatic rings. The molecule has 2 atom stereocenters. The largest absolute Gasteiger partial charge is 0.357 e. The fourth-order valence-electron chi connectivity index (χ4n) is 4.13. The van der Waals surface area contributed by atoms with E-state index in [-0.39, 0.29) is 0 Å². The molecule has 0 aliphatic carbocycles. The van der Waals surface area contributed by atoms with Crippen LogP contribution in [0.15, 0.2) is 23.3 Å². The number of aliphatic imine (C=N–C) groups is 1. The molecule has 1 aromatic heterocycles. The summed E-state index contributed by atoms with van der Waals surface area (Å²) in [6.45, 7) is 15.0. The number of anilines is 1. The van der Waals surface area contributed by atoms with E-state index in [4.69, 9.17) is 4.99 Å². The zero-order valence-electron chi connectivity index (χ0n) is 18.1. The molecule has 2 N–H and O–H groups in total. The molecule has 2 aliphatic heterocycles. The van der Waals surface area contributed by atoms with Crippen LogP contribution in [-0.2, 0) is 6.54 Å². The van der Waals surface area contributed by atoms with Crippen molar-refractivity contribution in [1.82, 2.24) is 20.5 Å². The van der Waals surface area contributed by atoms with E-state index in [1.165, 1.54) is 24.8 Å². The second-order valence-corrected chi connectivity index (χ2v) is 8.54. The third kappa shape index (κ3) is 5.60. The SMILES string of the molecule is CCNC(=NCc1ccnc(N2CCCCC2)c1)NC1CN(C(C)C)CC1C. The van der Waals surface area contributed by atoms with Gasteiger partial charge in [0.1, 0.15) is 5.82 Å². The molecule has 28 heavy (non-hydrogen) atoms. The van der Waals surface area contributed by atoms with Crippen molar-refractivity contribution >= 4 is 11.8 Å². The van der Waals surface area contributed by atoms with E-state index in [2.05, 4.69) is 65.2 Å². The van der Waals surface area contributed by atoms with Crippen molar-refractivity contribution in [3.63, 3.8) is 0 Å². The summed E-state index contributed by atoms with van der Waals surface area (Å²) in [6.07, 6.45) is 5.80.